The maximum atomic E-state index is 11.6. The Labute approximate surface area is 103 Å². The summed E-state index contributed by atoms with van der Waals surface area (Å²) >= 11 is 0. The van der Waals surface area contributed by atoms with Gasteiger partial charge in [-0.2, -0.15) is 0 Å². The number of esters is 1. The van der Waals surface area contributed by atoms with Crippen LogP contribution in [0.3, 0.4) is 0 Å². The first-order valence-corrected chi connectivity index (χ1v) is 5.43. The summed E-state index contributed by atoms with van der Waals surface area (Å²) < 4.78 is 9.57. The minimum Gasteiger partial charge on any atom is -0.462 e. The molecule has 0 saturated carbocycles. The van der Waals surface area contributed by atoms with Gasteiger partial charge in [0.05, 0.1) is 6.61 Å². The Kier molecular flexibility index (Phi) is 3.69. The van der Waals surface area contributed by atoms with E-state index in [4.69, 9.17) is 9.26 Å². The lowest BCUT2D eigenvalue weighted by Crippen LogP contribution is -2.10. The summed E-state index contributed by atoms with van der Waals surface area (Å²) in [7, 11) is 0. The van der Waals surface area contributed by atoms with E-state index < -0.39 is 12.1 Å². The number of hydrogen-bond acceptors (Lipinski definition) is 6. The van der Waals surface area contributed by atoms with Gasteiger partial charge < -0.3 is 14.4 Å². The van der Waals surface area contributed by atoms with Gasteiger partial charge in [-0.05, 0) is 13.0 Å². The van der Waals surface area contributed by atoms with Crippen LogP contribution >= 0.6 is 0 Å². The van der Waals surface area contributed by atoms with Gasteiger partial charge in [-0.25, -0.2) is 4.79 Å². The van der Waals surface area contributed by atoms with Crippen molar-refractivity contribution in [1.82, 2.24) is 10.1 Å². The molecular formula is C12H12N2O4. The SMILES string of the molecule is CCOC(=O)c1conc1[C@H](O)c1cccnc1. The first-order chi connectivity index (χ1) is 8.74. The lowest BCUT2D eigenvalue weighted by molar-refractivity contribution is 0.0520. The van der Waals surface area contributed by atoms with E-state index in [1.54, 1.807) is 25.3 Å². The molecule has 1 atom stereocenters. The zero-order valence-electron chi connectivity index (χ0n) is 9.74. The van der Waals surface area contributed by atoms with Gasteiger partial charge in [-0.1, -0.05) is 11.2 Å². The number of carbonyl (C=O) groups excluding carboxylic acids is 1. The van der Waals surface area contributed by atoms with Crippen molar-refractivity contribution in [2.75, 3.05) is 6.61 Å². The van der Waals surface area contributed by atoms with Gasteiger partial charge in [0.25, 0.3) is 0 Å². The molecule has 0 unspecified atom stereocenters. The normalized spacial score (nSPS) is 12.1. The molecule has 1 N–H and O–H groups in total. The van der Waals surface area contributed by atoms with E-state index in [1.165, 1.54) is 6.20 Å². The number of aromatic nitrogens is 2. The van der Waals surface area contributed by atoms with Crippen LogP contribution in [0, 0.1) is 0 Å². The fraction of sp³-hybridized carbons (Fsp3) is 0.250. The summed E-state index contributed by atoms with van der Waals surface area (Å²) in [6, 6.07) is 3.37. The van der Waals surface area contributed by atoms with Crippen LogP contribution in [0.15, 0.2) is 35.3 Å². The molecule has 0 aliphatic carbocycles. The second-order valence-electron chi connectivity index (χ2n) is 3.52. The first-order valence-electron chi connectivity index (χ1n) is 5.43. The van der Waals surface area contributed by atoms with E-state index in [-0.39, 0.29) is 17.9 Å². The van der Waals surface area contributed by atoms with E-state index in [9.17, 15) is 9.90 Å². The number of aliphatic hydroxyl groups excluding tert-OH is 1. The summed E-state index contributed by atoms with van der Waals surface area (Å²) in [6.45, 7) is 1.94. The molecule has 0 aliphatic heterocycles. The maximum absolute atomic E-state index is 11.6. The Morgan fingerprint density at radius 3 is 3.11 bits per heavy atom. The van der Waals surface area contributed by atoms with Crippen LogP contribution in [0.5, 0.6) is 0 Å². The number of hydrogen-bond donors (Lipinski definition) is 1. The van der Waals surface area contributed by atoms with Gasteiger partial charge >= 0.3 is 5.97 Å². The molecule has 0 fully saturated rings. The second-order valence-corrected chi connectivity index (χ2v) is 3.52. The average molecular weight is 248 g/mol. The van der Waals surface area contributed by atoms with Gasteiger partial charge in [0.15, 0.2) is 0 Å². The lowest BCUT2D eigenvalue weighted by Gasteiger charge is -2.08. The predicted octanol–water partition coefficient (Wildman–Crippen LogP) is 1.33. The van der Waals surface area contributed by atoms with Crippen molar-refractivity contribution in [3.8, 4) is 0 Å². The largest absolute Gasteiger partial charge is 0.462 e. The summed E-state index contributed by atoms with van der Waals surface area (Å²) in [5.41, 5.74) is 0.770. The minimum atomic E-state index is -1.07. The third-order valence-corrected chi connectivity index (χ3v) is 2.35. The molecule has 0 bridgehead atoms. The highest BCUT2D eigenvalue weighted by Gasteiger charge is 2.24. The number of rotatable bonds is 4. The Bertz CT molecular complexity index is 524. The van der Waals surface area contributed by atoms with E-state index in [1.807, 2.05) is 0 Å². The molecule has 6 nitrogen and oxygen atoms in total. The van der Waals surface area contributed by atoms with Crippen molar-refractivity contribution < 1.29 is 19.2 Å². The Morgan fingerprint density at radius 2 is 2.44 bits per heavy atom. The summed E-state index contributed by atoms with van der Waals surface area (Å²) in [4.78, 5) is 15.5. The van der Waals surface area contributed by atoms with Gasteiger partial charge in [0, 0.05) is 18.0 Å². The molecule has 2 aromatic heterocycles. The number of carbonyl (C=O) groups is 1. The van der Waals surface area contributed by atoms with Gasteiger partial charge in [0.2, 0.25) is 0 Å². The summed E-state index contributed by atoms with van der Waals surface area (Å²) in [6.07, 6.45) is 3.17. The van der Waals surface area contributed by atoms with E-state index in [0.29, 0.717) is 5.56 Å². The highest BCUT2D eigenvalue weighted by Crippen LogP contribution is 2.23. The van der Waals surface area contributed by atoms with Crippen molar-refractivity contribution in [1.29, 1.82) is 0 Å². The van der Waals surface area contributed by atoms with E-state index >= 15 is 0 Å². The molecule has 6 heteroatoms. The monoisotopic (exact) mass is 248 g/mol. The van der Waals surface area contributed by atoms with Crippen molar-refractivity contribution >= 4 is 5.97 Å². The Balaban J connectivity index is 2.29. The highest BCUT2D eigenvalue weighted by molar-refractivity contribution is 5.90. The molecule has 2 aromatic rings. The molecule has 0 saturated heterocycles. The average Bonchev–Trinajstić information content (AvgIpc) is 2.88. The van der Waals surface area contributed by atoms with Crippen molar-refractivity contribution in [3.05, 3.63) is 47.6 Å². The molecule has 2 heterocycles. The minimum absolute atomic E-state index is 0.119. The Morgan fingerprint density at radius 1 is 1.61 bits per heavy atom. The van der Waals surface area contributed by atoms with E-state index in [0.717, 1.165) is 6.26 Å². The van der Waals surface area contributed by atoms with Crippen LogP contribution in [-0.2, 0) is 4.74 Å². The molecular weight excluding hydrogens is 236 g/mol. The molecule has 0 amide bonds. The fourth-order valence-electron chi connectivity index (χ4n) is 1.50. The molecule has 0 spiro atoms. The number of aliphatic hydroxyl groups is 1. The van der Waals surface area contributed by atoms with E-state index in [2.05, 4.69) is 10.1 Å². The number of ether oxygens (including phenoxy) is 1. The zero-order chi connectivity index (χ0) is 13.0. The quantitative estimate of drug-likeness (QED) is 0.821. The summed E-state index contributed by atoms with van der Waals surface area (Å²) in [5.74, 6) is -0.573. The lowest BCUT2D eigenvalue weighted by atomic mass is 10.1. The first kappa shape index (κ1) is 12.3. The Hall–Kier alpha value is -2.21. The topological polar surface area (TPSA) is 85.5 Å². The number of nitrogens with zero attached hydrogens (tertiary/aromatic N) is 2. The van der Waals surface area contributed by atoms with Crippen molar-refractivity contribution in [2.45, 2.75) is 13.0 Å². The van der Waals surface area contributed by atoms with Crippen molar-refractivity contribution in [3.63, 3.8) is 0 Å². The third kappa shape index (κ3) is 2.38. The van der Waals surface area contributed by atoms with Crippen LogP contribution in [0.1, 0.15) is 34.6 Å². The maximum Gasteiger partial charge on any atom is 0.343 e. The van der Waals surface area contributed by atoms with Crippen LogP contribution in [0.25, 0.3) is 0 Å². The van der Waals surface area contributed by atoms with Crippen LogP contribution in [-0.4, -0.2) is 27.8 Å². The highest BCUT2D eigenvalue weighted by atomic mass is 16.5. The van der Waals surface area contributed by atoms with Crippen molar-refractivity contribution in [2.24, 2.45) is 0 Å². The predicted molar refractivity (Wildman–Crippen MR) is 60.8 cm³/mol. The summed E-state index contributed by atoms with van der Waals surface area (Å²) in [5, 5.41) is 13.8. The van der Waals surface area contributed by atoms with Crippen LogP contribution < -0.4 is 0 Å². The molecule has 0 aliphatic rings. The fourth-order valence-corrected chi connectivity index (χ4v) is 1.50. The molecule has 0 radical (unpaired) electrons. The van der Waals surface area contributed by atoms with Gasteiger partial charge in [-0.3, -0.25) is 4.98 Å². The van der Waals surface area contributed by atoms with Gasteiger partial charge in [0.1, 0.15) is 23.6 Å². The molecule has 2 rings (SSSR count). The zero-order valence-corrected chi connectivity index (χ0v) is 9.74. The number of pyridine rings is 1. The second kappa shape index (κ2) is 5.42. The molecule has 94 valence electrons. The molecule has 0 aromatic carbocycles. The van der Waals surface area contributed by atoms with Gasteiger partial charge in [-0.15, -0.1) is 0 Å². The standard InChI is InChI=1S/C12H12N2O4/c1-2-17-12(16)9-7-18-14-10(9)11(15)8-4-3-5-13-6-8/h3-7,11,15H,2H2,1H3/t11-/m1/s1. The smallest absolute Gasteiger partial charge is 0.343 e. The molecule has 18 heavy (non-hydrogen) atoms. The van der Waals surface area contributed by atoms with Crippen LogP contribution in [0.2, 0.25) is 0 Å². The third-order valence-electron chi connectivity index (χ3n) is 2.35. The van der Waals surface area contributed by atoms with Crippen LogP contribution in [0.4, 0.5) is 0 Å².